The lowest BCUT2D eigenvalue weighted by Crippen LogP contribution is -2.35. The van der Waals surface area contributed by atoms with Crippen LogP contribution in [0.2, 0.25) is 0 Å². The molecule has 2 N–H and O–H groups in total. The molecule has 0 bridgehead atoms. The maximum Gasteiger partial charge on any atom is 0.279 e. The van der Waals surface area contributed by atoms with Gasteiger partial charge in [-0.1, -0.05) is 0 Å². The van der Waals surface area contributed by atoms with Gasteiger partial charge in [-0.3, -0.25) is 29.8 Å². The van der Waals surface area contributed by atoms with Gasteiger partial charge in [0.15, 0.2) is 0 Å². The van der Waals surface area contributed by atoms with Crippen LogP contribution in [-0.2, 0) is 4.79 Å². The van der Waals surface area contributed by atoms with Crippen molar-refractivity contribution < 1.29 is 19.4 Å². The highest BCUT2D eigenvalue weighted by Crippen LogP contribution is 2.29. The third-order valence-electron chi connectivity index (χ3n) is 3.68. The Labute approximate surface area is 136 Å². The number of nitrogens with zero attached hydrogens (tertiary/aromatic N) is 2. The summed E-state index contributed by atoms with van der Waals surface area (Å²) in [5, 5.41) is 27.0. The molecule has 10 heteroatoms. The molecule has 128 valence electrons. The summed E-state index contributed by atoms with van der Waals surface area (Å²) in [5.74, 6) is -0.672. The van der Waals surface area contributed by atoms with Crippen LogP contribution in [-0.4, -0.2) is 34.8 Å². The predicted molar refractivity (Wildman–Crippen MR) is 82.6 cm³/mol. The van der Waals surface area contributed by atoms with Crippen molar-refractivity contribution in [2.45, 2.75) is 19.8 Å². The zero-order chi connectivity index (χ0) is 17.9. The molecule has 0 aromatic heterocycles. The molecule has 1 aliphatic rings. The van der Waals surface area contributed by atoms with E-state index in [1.807, 2.05) is 0 Å². The molecule has 1 aromatic rings. The van der Waals surface area contributed by atoms with Gasteiger partial charge in [0.2, 0.25) is 5.91 Å². The third kappa shape index (κ3) is 4.03. The molecule has 0 radical (unpaired) electrons. The molecule has 10 nitrogen and oxygen atoms in total. The summed E-state index contributed by atoms with van der Waals surface area (Å²) in [6.45, 7) is 1.69. The number of amides is 2. The van der Waals surface area contributed by atoms with Crippen LogP contribution in [0.4, 0.5) is 11.4 Å². The molecule has 0 atom stereocenters. The number of non-ortho nitro benzene ring substituents is 1. The number of nitro benzene ring substituents is 2. The van der Waals surface area contributed by atoms with Gasteiger partial charge in [-0.25, -0.2) is 0 Å². The van der Waals surface area contributed by atoms with Crippen LogP contribution in [0, 0.1) is 33.1 Å². The number of carbonyl (C=O) groups is 2. The van der Waals surface area contributed by atoms with Crippen LogP contribution < -0.4 is 10.6 Å². The Morgan fingerprint density at radius 3 is 2.29 bits per heavy atom. The van der Waals surface area contributed by atoms with Crippen molar-refractivity contribution >= 4 is 23.2 Å². The maximum atomic E-state index is 12.1. The number of benzene rings is 1. The van der Waals surface area contributed by atoms with Crippen molar-refractivity contribution in [3.8, 4) is 0 Å². The van der Waals surface area contributed by atoms with E-state index in [4.69, 9.17) is 0 Å². The number of rotatable bonds is 7. The van der Waals surface area contributed by atoms with E-state index in [9.17, 15) is 29.8 Å². The molecule has 0 saturated heterocycles. The van der Waals surface area contributed by atoms with Gasteiger partial charge in [-0.2, -0.15) is 0 Å². The molecule has 1 aromatic carbocycles. The van der Waals surface area contributed by atoms with Crippen LogP contribution in [0.3, 0.4) is 0 Å². The van der Waals surface area contributed by atoms with Crippen molar-refractivity contribution in [2.24, 2.45) is 5.92 Å². The minimum absolute atomic E-state index is 0.0464. The first-order valence-electron chi connectivity index (χ1n) is 7.30. The molecule has 2 rings (SSSR count). The molecule has 1 fully saturated rings. The molecule has 1 saturated carbocycles. The van der Waals surface area contributed by atoms with Crippen LogP contribution >= 0.6 is 0 Å². The highest BCUT2D eigenvalue weighted by molar-refractivity contribution is 5.97. The standard InChI is InChI=1S/C14H16N4O6/c1-8-11(6-10(17(21)22)7-12(8)18(23)24)14(20)16-5-4-15-13(19)9-2-3-9/h6-7,9H,2-5H2,1H3,(H,15,19)(H,16,20). The van der Waals surface area contributed by atoms with Crippen LogP contribution in [0.1, 0.15) is 28.8 Å². The van der Waals surface area contributed by atoms with Gasteiger partial charge in [0, 0.05) is 30.6 Å². The average Bonchev–Trinajstić information content (AvgIpc) is 3.35. The van der Waals surface area contributed by atoms with Crippen molar-refractivity contribution in [3.63, 3.8) is 0 Å². The van der Waals surface area contributed by atoms with Gasteiger partial charge in [-0.15, -0.1) is 0 Å². The first-order valence-corrected chi connectivity index (χ1v) is 7.30. The Balaban J connectivity index is 2.05. The molecule has 0 heterocycles. The van der Waals surface area contributed by atoms with Gasteiger partial charge < -0.3 is 10.6 Å². The second kappa shape index (κ2) is 7.02. The molecule has 2 amide bonds. The third-order valence-corrected chi connectivity index (χ3v) is 3.68. The summed E-state index contributed by atoms with van der Waals surface area (Å²) in [6, 6.07) is 1.82. The number of carbonyl (C=O) groups excluding carboxylic acids is 2. The average molecular weight is 336 g/mol. The van der Waals surface area contributed by atoms with Crippen LogP contribution in [0.5, 0.6) is 0 Å². The lowest BCUT2D eigenvalue weighted by atomic mass is 10.0. The Bertz CT molecular complexity index is 713. The van der Waals surface area contributed by atoms with E-state index in [2.05, 4.69) is 10.6 Å². The van der Waals surface area contributed by atoms with Crippen molar-refractivity contribution in [3.05, 3.63) is 43.5 Å². The number of nitrogens with one attached hydrogen (secondary N) is 2. The topological polar surface area (TPSA) is 144 Å². The molecule has 0 spiro atoms. The summed E-state index contributed by atoms with van der Waals surface area (Å²) >= 11 is 0. The highest BCUT2D eigenvalue weighted by Gasteiger charge is 2.29. The van der Waals surface area contributed by atoms with E-state index in [1.165, 1.54) is 6.92 Å². The minimum atomic E-state index is -0.793. The number of hydrogen-bond donors (Lipinski definition) is 2. The fraction of sp³-hybridized carbons (Fsp3) is 0.429. The smallest absolute Gasteiger partial charge is 0.279 e. The Kier molecular flexibility index (Phi) is 5.07. The normalized spacial score (nSPS) is 13.2. The highest BCUT2D eigenvalue weighted by atomic mass is 16.6. The van der Waals surface area contributed by atoms with E-state index in [0.717, 1.165) is 25.0 Å². The zero-order valence-corrected chi connectivity index (χ0v) is 12.9. The summed E-state index contributed by atoms with van der Waals surface area (Å²) in [7, 11) is 0. The fourth-order valence-corrected chi connectivity index (χ4v) is 2.16. The van der Waals surface area contributed by atoms with E-state index in [1.54, 1.807) is 0 Å². The van der Waals surface area contributed by atoms with Crippen molar-refractivity contribution in [1.29, 1.82) is 0 Å². The lowest BCUT2D eigenvalue weighted by molar-refractivity contribution is -0.394. The Morgan fingerprint density at radius 2 is 1.75 bits per heavy atom. The predicted octanol–water partition coefficient (Wildman–Crippen LogP) is 1.07. The minimum Gasteiger partial charge on any atom is -0.354 e. The summed E-state index contributed by atoms with van der Waals surface area (Å²) < 4.78 is 0. The Morgan fingerprint density at radius 1 is 1.12 bits per heavy atom. The fourth-order valence-electron chi connectivity index (χ4n) is 2.16. The van der Waals surface area contributed by atoms with Gasteiger partial charge in [0.25, 0.3) is 17.3 Å². The monoisotopic (exact) mass is 336 g/mol. The largest absolute Gasteiger partial charge is 0.354 e. The van der Waals surface area contributed by atoms with Crippen LogP contribution in [0.15, 0.2) is 12.1 Å². The second-order valence-corrected chi connectivity index (χ2v) is 5.47. The first-order chi connectivity index (χ1) is 11.3. The lowest BCUT2D eigenvalue weighted by Gasteiger charge is -2.09. The molecule has 0 unspecified atom stereocenters. The molecule has 0 aliphatic heterocycles. The van der Waals surface area contributed by atoms with Gasteiger partial charge >= 0.3 is 0 Å². The number of nitro groups is 2. The van der Waals surface area contributed by atoms with E-state index in [0.29, 0.717) is 0 Å². The summed E-state index contributed by atoms with van der Waals surface area (Å²) in [6.07, 6.45) is 1.74. The SMILES string of the molecule is Cc1c(C(=O)NCCNC(=O)C2CC2)cc([N+](=O)[O-])cc1[N+](=O)[O-]. The molecule has 1 aliphatic carbocycles. The van der Waals surface area contributed by atoms with Crippen LogP contribution in [0.25, 0.3) is 0 Å². The second-order valence-electron chi connectivity index (χ2n) is 5.47. The molecule has 24 heavy (non-hydrogen) atoms. The van der Waals surface area contributed by atoms with E-state index < -0.39 is 27.1 Å². The maximum absolute atomic E-state index is 12.1. The van der Waals surface area contributed by atoms with Gasteiger partial charge in [0.05, 0.1) is 21.5 Å². The summed E-state index contributed by atoms with van der Waals surface area (Å²) in [4.78, 5) is 43.9. The zero-order valence-electron chi connectivity index (χ0n) is 12.9. The first kappa shape index (κ1) is 17.3. The molecular weight excluding hydrogens is 320 g/mol. The quantitative estimate of drug-likeness (QED) is 0.433. The summed E-state index contributed by atoms with van der Waals surface area (Å²) in [5.41, 5.74) is -1.11. The van der Waals surface area contributed by atoms with Crippen molar-refractivity contribution in [1.82, 2.24) is 10.6 Å². The van der Waals surface area contributed by atoms with E-state index in [-0.39, 0.29) is 36.0 Å². The Hall–Kier alpha value is -3.04. The number of hydrogen-bond acceptors (Lipinski definition) is 6. The molecular formula is C14H16N4O6. The van der Waals surface area contributed by atoms with Gasteiger partial charge in [0.1, 0.15) is 0 Å². The van der Waals surface area contributed by atoms with Gasteiger partial charge in [-0.05, 0) is 19.8 Å². The van der Waals surface area contributed by atoms with Crippen molar-refractivity contribution in [2.75, 3.05) is 13.1 Å². The van der Waals surface area contributed by atoms with E-state index >= 15 is 0 Å².